The highest BCUT2D eigenvalue weighted by molar-refractivity contribution is 6.46. The van der Waals surface area contributed by atoms with Crippen molar-refractivity contribution in [2.75, 3.05) is 0 Å². The summed E-state index contributed by atoms with van der Waals surface area (Å²) in [5.41, 5.74) is 2.07. The van der Waals surface area contributed by atoms with E-state index in [9.17, 15) is 24.8 Å². The first-order chi connectivity index (χ1) is 15.3. The highest BCUT2D eigenvalue weighted by atomic mass is 16.6. The topological polar surface area (TPSA) is 114 Å². The molecular formula is C24H20N2O6. The van der Waals surface area contributed by atoms with Crippen molar-refractivity contribution in [2.24, 2.45) is 0 Å². The SMILES string of the molecule is Cc1ccc(C)c(C(O)=C2C(=O)C(=O)N(Cc3ccco3)C2c2cccc([N+](=O)[O-])c2)c1. The molecular weight excluding hydrogens is 412 g/mol. The number of aliphatic hydroxyl groups is 1. The zero-order valence-electron chi connectivity index (χ0n) is 17.4. The standard InChI is InChI=1S/C24H20N2O6/c1-14-8-9-15(2)19(11-14)22(27)20-21(16-5-3-6-17(12-16)26(30)31)25(24(29)23(20)28)13-18-7-4-10-32-18/h3-12,21,27H,13H2,1-2H3. The number of furan rings is 1. The van der Waals surface area contributed by atoms with Gasteiger partial charge in [0, 0.05) is 17.7 Å². The van der Waals surface area contributed by atoms with Crippen molar-refractivity contribution < 1.29 is 24.0 Å². The number of aryl methyl sites for hydroxylation is 2. The van der Waals surface area contributed by atoms with E-state index in [1.54, 1.807) is 31.2 Å². The molecule has 0 spiro atoms. The van der Waals surface area contributed by atoms with Gasteiger partial charge in [0.15, 0.2) is 0 Å². The fourth-order valence-electron chi connectivity index (χ4n) is 3.90. The predicted molar refractivity (Wildman–Crippen MR) is 116 cm³/mol. The molecule has 4 rings (SSSR count). The number of Topliss-reactive ketones (excluding diaryl/α,β-unsaturated/α-hetero) is 1. The number of nitrogens with zero attached hydrogens (tertiary/aromatic N) is 2. The molecule has 1 amide bonds. The van der Waals surface area contributed by atoms with Crippen molar-refractivity contribution >= 4 is 23.1 Å². The van der Waals surface area contributed by atoms with E-state index in [-0.39, 0.29) is 23.6 Å². The lowest BCUT2D eigenvalue weighted by atomic mass is 9.93. The third kappa shape index (κ3) is 3.66. The highest BCUT2D eigenvalue weighted by Crippen LogP contribution is 2.41. The number of ketones is 1. The maximum absolute atomic E-state index is 13.1. The normalized spacial score (nSPS) is 17.7. The van der Waals surface area contributed by atoms with E-state index in [0.717, 1.165) is 11.1 Å². The van der Waals surface area contributed by atoms with Crippen LogP contribution in [-0.2, 0) is 16.1 Å². The van der Waals surface area contributed by atoms with Gasteiger partial charge in [-0.15, -0.1) is 0 Å². The molecule has 1 aliphatic heterocycles. The first kappa shape index (κ1) is 21.0. The summed E-state index contributed by atoms with van der Waals surface area (Å²) in [7, 11) is 0. The second-order valence-electron chi connectivity index (χ2n) is 7.68. The van der Waals surface area contributed by atoms with Crippen molar-refractivity contribution in [3.63, 3.8) is 0 Å². The Bertz CT molecular complexity index is 1260. The number of amides is 1. The quantitative estimate of drug-likeness (QED) is 0.210. The first-order valence-corrected chi connectivity index (χ1v) is 9.90. The summed E-state index contributed by atoms with van der Waals surface area (Å²) in [6.07, 6.45) is 1.45. The van der Waals surface area contributed by atoms with Crippen LogP contribution in [0.1, 0.15) is 34.1 Å². The molecule has 1 N–H and O–H groups in total. The van der Waals surface area contributed by atoms with Crippen LogP contribution in [0.2, 0.25) is 0 Å². The fourth-order valence-corrected chi connectivity index (χ4v) is 3.90. The number of carbonyl (C=O) groups excluding carboxylic acids is 2. The second-order valence-corrected chi connectivity index (χ2v) is 7.68. The van der Waals surface area contributed by atoms with Crippen LogP contribution in [0.5, 0.6) is 0 Å². The molecule has 0 saturated carbocycles. The number of benzene rings is 2. The predicted octanol–water partition coefficient (Wildman–Crippen LogP) is 4.43. The number of nitro groups is 1. The van der Waals surface area contributed by atoms with Gasteiger partial charge in [0.05, 0.1) is 29.3 Å². The van der Waals surface area contributed by atoms with E-state index in [4.69, 9.17) is 4.42 Å². The summed E-state index contributed by atoms with van der Waals surface area (Å²) in [6.45, 7) is 3.61. The summed E-state index contributed by atoms with van der Waals surface area (Å²) >= 11 is 0. The maximum Gasteiger partial charge on any atom is 0.296 e. The molecule has 1 fully saturated rings. The molecule has 8 nitrogen and oxygen atoms in total. The van der Waals surface area contributed by atoms with Crippen molar-refractivity contribution in [2.45, 2.75) is 26.4 Å². The van der Waals surface area contributed by atoms with Gasteiger partial charge in [-0.1, -0.05) is 29.8 Å². The summed E-state index contributed by atoms with van der Waals surface area (Å²) in [5.74, 6) is -1.55. The van der Waals surface area contributed by atoms with Crippen LogP contribution in [0.25, 0.3) is 5.76 Å². The largest absolute Gasteiger partial charge is 0.507 e. The summed E-state index contributed by atoms with van der Waals surface area (Å²) in [4.78, 5) is 38.1. The molecule has 3 aromatic rings. The number of carbonyl (C=O) groups is 2. The summed E-state index contributed by atoms with van der Waals surface area (Å²) in [5, 5.41) is 22.5. The van der Waals surface area contributed by atoms with E-state index in [1.807, 2.05) is 19.1 Å². The van der Waals surface area contributed by atoms with E-state index in [0.29, 0.717) is 16.9 Å². The third-order valence-electron chi connectivity index (χ3n) is 5.49. The highest BCUT2D eigenvalue weighted by Gasteiger charge is 2.46. The molecule has 162 valence electrons. The molecule has 0 aliphatic carbocycles. The number of aliphatic hydroxyl groups excluding tert-OH is 1. The van der Waals surface area contributed by atoms with E-state index < -0.39 is 22.7 Å². The smallest absolute Gasteiger partial charge is 0.296 e. The molecule has 1 atom stereocenters. The minimum absolute atomic E-state index is 0.0332. The van der Waals surface area contributed by atoms with Gasteiger partial charge in [0.1, 0.15) is 11.5 Å². The number of hydrogen-bond acceptors (Lipinski definition) is 6. The van der Waals surface area contributed by atoms with Crippen molar-refractivity contribution in [3.05, 3.63) is 105 Å². The first-order valence-electron chi connectivity index (χ1n) is 9.90. The van der Waals surface area contributed by atoms with Gasteiger partial charge < -0.3 is 14.4 Å². The average molecular weight is 432 g/mol. The van der Waals surface area contributed by atoms with Gasteiger partial charge >= 0.3 is 0 Å². The van der Waals surface area contributed by atoms with E-state index in [1.165, 1.54) is 29.4 Å². The lowest BCUT2D eigenvalue weighted by Crippen LogP contribution is -2.29. The molecule has 0 bridgehead atoms. The molecule has 1 saturated heterocycles. The summed E-state index contributed by atoms with van der Waals surface area (Å²) < 4.78 is 5.35. The summed E-state index contributed by atoms with van der Waals surface area (Å²) in [6, 6.07) is 13.4. The Morgan fingerprint density at radius 1 is 1.12 bits per heavy atom. The van der Waals surface area contributed by atoms with Crippen LogP contribution < -0.4 is 0 Å². The van der Waals surface area contributed by atoms with Gasteiger partial charge in [-0.05, 0) is 43.2 Å². The molecule has 1 aromatic heterocycles. The molecule has 8 heteroatoms. The molecule has 2 aromatic carbocycles. The van der Waals surface area contributed by atoms with Crippen molar-refractivity contribution in [3.8, 4) is 0 Å². The average Bonchev–Trinajstić information content (AvgIpc) is 3.37. The zero-order valence-corrected chi connectivity index (χ0v) is 17.4. The lowest BCUT2D eigenvalue weighted by Gasteiger charge is -2.24. The lowest BCUT2D eigenvalue weighted by molar-refractivity contribution is -0.384. The monoisotopic (exact) mass is 432 g/mol. The van der Waals surface area contributed by atoms with Crippen LogP contribution in [0.4, 0.5) is 5.69 Å². The number of non-ortho nitro benzene ring substituents is 1. The van der Waals surface area contributed by atoms with E-state index in [2.05, 4.69) is 0 Å². The number of likely N-dealkylation sites (tertiary alicyclic amines) is 1. The van der Waals surface area contributed by atoms with Gasteiger partial charge in [0.2, 0.25) is 0 Å². The third-order valence-corrected chi connectivity index (χ3v) is 5.49. The van der Waals surface area contributed by atoms with Crippen LogP contribution in [0.3, 0.4) is 0 Å². The molecule has 1 unspecified atom stereocenters. The maximum atomic E-state index is 13.1. The molecule has 2 heterocycles. The number of rotatable bonds is 5. The fraction of sp³-hybridized carbons (Fsp3) is 0.167. The van der Waals surface area contributed by atoms with E-state index >= 15 is 0 Å². The second kappa shape index (κ2) is 8.14. The Hall–Kier alpha value is -4.20. The Kier molecular flexibility index (Phi) is 5.36. The Morgan fingerprint density at radius 3 is 2.59 bits per heavy atom. The Balaban J connectivity index is 1.93. The minimum Gasteiger partial charge on any atom is -0.507 e. The molecule has 32 heavy (non-hydrogen) atoms. The van der Waals surface area contributed by atoms with Crippen LogP contribution in [-0.4, -0.2) is 26.6 Å². The van der Waals surface area contributed by atoms with Crippen molar-refractivity contribution in [1.29, 1.82) is 0 Å². The van der Waals surface area contributed by atoms with Gasteiger partial charge in [-0.2, -0.15) is 0 Å². The zero-order chi connectivity index (χ0) is 23.0. The Labute approximate surface area is 183 Å². The van der Waals surface area contributed by atoms with Gasteiger partial charge in [-0.25, -0.2) is 0 Å². The van der Waals surface area contributed by atoms with Crippen molar-refractivity contribution in [1.82, 2.24) is 4.90 Å². The Morgan fingerprint density at radius 2 is 1.91 bits per heavy atom. The molecule has 1 aliphatic rings. The van der Waals surface area contributed by atoms with Crippen LogP contribution >= 0.6 is 0 Å². The van der Waals surface area contributed by atoms with Gasteiger partial charge in [-0.3, -0.25) is 19.7 Å². The van der Waals surface area contributed by atoms with Crippen LogP contribution in [0.15, 0.2) is 70.9 Å². The molecule has 0 radical (unpaired) electrons. The number of nitro benzene ring substituents is 1. The van der Waals surface area contributed by atoms with Gasteiger partial charge in [0.25, 0.3) is 17.4 Å². The minimum atomic E-state index is -1.01. The number of hydrogen-bond donors (Lipinski definition) is 1. The van der Waals surface area contributed by atoms with Crippen LogP contribution in [0, 0.1) is 24.0 Å².